The Hall–Kier alpha value is -2.31. The van der Waals surface area contributed by atoms with Gasteiger partial charge in [-0.3, -0.25) is 4.79 Å². The number of carbonyl (C=O) groups excluding carboxylic acids is 1. The molecule has 0 amide bonds. The van der Waals surface area contributed by atoms with Crippen molar-refractivity contribution < 1.29 is 14.3 Å². The van der Waals surface area contributed by atoms with Crippen molar-refractivity contribution in [2.45, 2.75) is 31.7 Å². The molecule has 30 heavy (non-hydrogen) atoms. The molecule has 2 aromatic carbocycles. The monoisotopic (exact) mass is 470 g/mol. The Morgan fingerprint density at radius 3 is 2.63 bits per heavy atom. The maximum Gasteiger partial charge on any atom is 0.233 e. The minimum absolute atomic E-state index is 0.0249. The quantitative estimate of drug-likeness (QED) is 0.444. The lowest BCUT2D eigenvalue weighted by atomic mass is 10.0. The molecule has 0 aliphatic carbocycles. The SMILES string of the molecule is O=C1C(=CN(CCCCOc2ccc(Br)cc2)C2CCNCC2)Oc2ccccc21. The van der Waals surface area contributed by atoms with Gasteiger partial charge in [0.15, 0.2) is 5.76 Å². The summed E-state index contributed by atoms with van der Waals surface area (Å²) in [4.78, 5) is 15.0. The lowest BCUT2D eigenvalue weighted by Gasteiger charge is -2.34. The topological polar surface area (TPSA) is 50.8 Å². The molecule has 1 N–H and O–H groups in total. The van der Waals surface area contributed by atoms with E-state index in [0.29, 0.717) is 29.7 Å². The first kappa shape index (κ1) is 20.9. The number of hydrogen-bond donors (Lipinski definition) is 1. The van der Waals surface area contributed by atoms with E-state index < -0.39 is 0 Å². The van der Waals surface area contributed by atoms with Crippen LogP contribution < -0.4 is 14.8 Å². The fourth-order valence-electron chi connectivity index (χ4n) is 3.88. The van der Waals surface area contributed by atoms with Crippen LogP contribution in [0.4, 0.5) is 0 Å². The predicted molar refractivity (Wildman–Crippen MR) is 121 cm³/mol. The normalized spacial score (nSPS) is 17.6. The van der Waals surface area contributed by atoms with Crippen LogP contribution in [-0.4, -0.2) is 43.0 Å². The summed E-state index contributed by atoms with van der Waals surface area (Å²) in [5.41, 5.74) is 0.650. The van der Waals surface area contributed by atoms with Crippen LogP contribution in [0.15, 0.2) is 65.0 Å². The van der Waals surface area contributed by atoms with Gasteiger partial charge in [-0.1, -0.05) is 28.1 Å². The summed E-state index contributed by atoms with van der Waals surface area (Å²) < 4.78 is 12.7. The molecular weight excluding hydrogens is 444 g/mol. The van der Waals surface area contributed by atoms with Gasteiger partial charge in [0.25, 0.3) is 0 Å². The van der Waals surface area contributed by atoms with Gasteiger partial charge in [-0.15, -0.1) is 0 Å². The molecule has 2 aliphatic heterocycles. The van der Waals surface area contributed by atoms with E-state index in [1.807, 2.05) is 54.7 Å². The van der Waals surface area contributed by atoms with Crippen LogP contribution in [0.1, 0.15) is 36.0 Å². The summed E-state index contributed by atoms with van der Waals surface area (Å²) in [5, 5.41) is 3.42. The second-order valence-electron chi connectivity index (χ2n) is 7.65. The van der Waals surface area contributed by atoms with Crippen molar-refractivity contribution in [2.24, 2.45) is 0 Å². The van der Waals surface area contributed by atoms with Gasteiger partial charge in [0, 0.05) is 23.3 Å². The van der Waals surface area contributed by atoms with Crippen LogP contribution in [0.2, 0.25) is 0 Å². The Labute approximate surface area is 186 Å². The number of halogens is 1. The zero-order chi connectivity index (χ0) is 20.8. The van der Waals surface area contributed by atoms with E-state index in [0.717, 1.165) is 55.5 Å². The molecule has 0 radical (unpaired) electrons. The first-order valence-corrected chi connectivity index (χ1v) is 11.4. The number of fused-ring (bicyclic) bond motifs is 1. The largest absolute Gasteiger partial charge is 0.494 e. The van der Waals surface area contributed by atoms with Crippen molar-refractivity contribution in [1.82, 2.24) is 10.2 Å². The third-order valence-electron chi connectivity index (χ3n) is 5.53. The standard InChI is InChI=1S/C24H27BrN2O3/c25-18-7-9-20(10-8-18)29-16-4-3-15-27(19-11-13-26-14-12-19)17-23-24(28)21-5-1-2-6-22(21)30-23/h1-2,5-10,17,19,26H,3-4,11-16H2. The molecule has 158 valence electrons. The summed E-state index contributed by atoms with van der Waals surface area (Å²) >= 11 is 3.44. The zero-order valence-corrected chi connectivity index (χ0v) is 18.6. The number of nitrogens with zero attached hydrogens (tertiary/aromatic N) is 1. The van der Waals surface area contributed by atoms with Crippen molar-refractivity contribution in [2.75, 3.05) is 26.2 Å². The highest BCUT2D eigenvalue weighted by Crippen LogP contribution is 2.31. The number of hydrogen-bond acceptors (Lipinski definition) is 5. The number of benzene rings is 2. The van der Waals surface area contributed by atoms with E-state index in [9.17, 15) is 4.79 Å². The number of nitrogens with one attached hydrogen (secondary N) is 1. The molecule has 2 aliphatic rings. The fraction of sp³-hybridized carbons (Fsp3) is 0.375. The van der Waals surface area contributed by atoms with Gasteiger partial charge < -0.3 is 19.7 Å². The molecule has 0 aromatic heterocycles. The highest BCUT2D eigenvalue weighted by Gasteiger charge is 2.28. The van der Waals surface area contributed by atoms with Gasteiger partial charge in [-0.05, 0) is 75.2 Å². The fourth-order valence-corrected chi connectivity index (χ4v) is 4.15. The number of piperidine rings is 1. The third-order valence-corrected chi connectivity index (χ3v) is 6.06. The van der Waals surface area contributed by atoms with Gasteiger partial charge >= 0.3 is 0 Å². The van der Waals surface area contributed by atoms with Crippen molar-refractivity contribution >= 4 is 21.7 Å². The Bertz CT molecular complexity index is 892. The molecule has 0 saturated carbocycles. The van der Waals surface area contributed by atoms with E-state index in [2.05, 4.69) is 26.1 Å². The average Bonchev–Trinajstić information content (AvgIpc) is 3.10. The maximum atomic E-state index is 12.7. The molecule has 6 heteroatoms. The number of ketones is 1. The highest BCUT2D eigenvalue weighted by atomic mass is 79.9. The zero-order valence-electron chi connectivity index (χ0n) is 17.0. The smallest absolute Gasteiger partial charge is 0.233 e. The van der Waals surface area contributed by atoms with Gasteiger partial charge in [-0.2, -0.15) is 0 Å². The van der Waals surface area contributed by atoms with Crippen LogP contribution in [0.5, 0.6) is 11.5 Å². The minimum atomic E-state index is -0.0249. The molecule has 0 bridgehead atoms. The Kier molecular flexibility index (Phi) is 7.07. The molecule has 4 rings (SSSR count). The lowest BCUT2D eigenvalue weighted by Crippen LogP contribution is -2.41. The molecule has 2 heterocycles. The van der Waals surface area contributed by atoms with E-state index in [-0.39, 0.29) is 5.78 Å². The minimum Gasteiger partial charge on any atom is -0.494 e. The first-order chi connectivity index (χ1) is 14.7. The number of para-hydroxylation sites is 1. The van der Waals surface area contributed by atoms with Crippen LogP contribution >= 0.6 is 15.9 Å². The number of carbonyl (C=O) groups is 1. The molecule has 1 fully saturated rings. The molecule has 5 nitrogen and oxygen atoms in total. The first-order valence-electron chi connectivity index (χ1n) is 10.6. The highest BCUT2D eigenvalue weighted by molar-refractivity contribution is 9.10. The van der Waals surface area contributed by atoms with Gasteiger partial charge in [0.05, 0.1) is 12.2 Å². The Morgan fingerprint density at radius 1 is 1.10 bits per heavy atom. The number of rotatable bonds is 8. The summed E-state index contributed by atoms with van der Waals surface area (Å²) in [6.45, 7) is 3.57. The number of ether oxygens (including phenoxy) is 2. The summed E-state index contributed by atoms with van der Waals surface area (Å²) in [6, 6.07) is 15.8. The van der Waals surface area contributed by atoms with Crippen LogP contribution in [0.3, 0.4) is 0 Å². The lowest BCUT2D eigenvalue weighted by molar-refractivity contribution is 0.100. The summed E-state index contributed by atoms with van der Waals surface area (Å²) in [5.74, 6) is 1.95. The molecule has 1 saturated heterocycles. The van der Waals surface area contributed by atoms with Crippen LogP contribution in [0.25, 0.3) is 0 Å². The second-order valence-corrected chi connectivity index (χ2v) is 8.56. The maximum absolute atomic E-state index is 12.7. The number of Topliss-reactive ketones (excluding diaryl/α,β-unsaturated/α-hetero) is 1. The summed E-state index contributed by atoms with van der Waals surface area (Å²) in [7, 11) is 0. The number of allylic oxidation sites excluding steroid dienone is 1. The van der Waals surface area contributed by atoms with Gasteiger partial charge in [-0.25, -0.2) is 0 Å². The van der Waals surface area contributed by atoms with Crippen molar-refractivity contribution in [1.29, 1.82) is 0 Å². The molecule has 2 aromatic rings. The van der Waals surface area contributed by atoms with Gasteiger partial charge in [0.2, 0.25) is 5.78 Å². The number of unbranched alkanes of at least 4 members (excludes halogenated alkanes) is 1. The van der Waals surface area contributed by atoms with E-state index >= 15 is 0 Å². The molecule has 0 unspecified atom stereocenters. The molecular formula is C24H27BrN2O3. The Balaban J connectivity index is 1.35. The van der Waals surface area contributed by atoms with E-state index in [1.165, 1.54) is 0 Å². The molecule has 0 spiro atoms. The van der Waals surface area contributed by atoms with E-state index in [4.69, 9.17) is 9.47 Å². The summed E-state index contributed by atoms with van der Waals surface area (Å²) in [6.07, 6.45) is 6.02. The Morgan fingerprint density at radius 2 is 1.87 bits per heavy atom. The van der Waals surface area contributed by atoms with E-state index in [1.54, 1.807) is 0 Å². The second kappa shape index (κ2) is 10.1. The molecule has 0 atom stereocenters. The van der Waals surface area contributed by atoms with Gasteiger partial charge in [0.1, 0.15) is 11.5 Å². The van der Waals surface area contributed by atoms with Crippen molar-refractivity contribution in [3.8, 4) is 11.5 Å². The van der Waals surface area contributed by atoms with Crippen LogP contribution in [-0.2, 0) is 0 Å². The predicted octanol–water partition coefficient (Wildman–Crippen LogP) is 4.78. The van der Waals surface area contributed by atoms with Crippen molar-refractivity contribution in [3.05, 3.63) is 70.5 Å². The van der Waals surface area contributed by atoms with Crippen molar-refractivity contribution in [3.63, 3.8) is 0 Å². The third kappa shape index (κ3) is 5.24. The average molecular weight is 471 g/mol. The van der Waals surface area contributed by atoms with Crippen LogP contribution in [0, 0.1) is 0 Å².